The molecule has 0 aliphatic heterocycles. The molecule has 2 amide bonds. The van der Waals surface area contributed by atoms with E-state index in [0.29, 0.717) is 21.9 Å². The maximum atomic E-state index is 12.2. The van der Waals surface area contributed by atoms with Crippen molar-refractivity contribution in [1.29, 1.82) is 0 Å². The molecule has 5 nitrogen and oxygen atoms in total. The number of carbonyl (C=O) groups excluding carboxylic acids is 2. The van der Waals surface area contributed by atoms with Crippen LogP contribution in [0.4, 0.5) is 0 Å². The highest BCUT2D eigenvalue weighted by atomic mass is 35.5. The van der Waals surface area contributed by atoms with Crippen molar-refractivity contribution < 1.29 is 14.3 Å². The van der Waals surface area contributed by atoms with E-state index in [9.17, 15) is 9.59 Å². The topological polar surface area (TPSA) is 67.4 Å². The van der Waals surface area contributed by atoms with Crippen LogP contribution in [-0.2, 0) is 0 Å². The second-order valence-electron chi connectivity index (χ2n) is 4.48. The van der Waals surface area contributed by atoms with Crippen LogP contribution >= 0.6 is 23.4 Å². The molecule has 120 valence electrons. The molecule has 0 saturated heterocycles. The van der Waals surface area contributed by atoms with E-state index in [4.69, 9.17) is 16.3 Å². The molecule has 0 fully saturated rings. The summed E-state index contributed by atoms with van der Waals surface area (Å²) >= 11 is 7.31. The molecule has 0 radical (unpaired) electrons. The summed E-state index contributed by atoms with van der Waals surface area (Å²) in [4.78, 5) is 25.1. The number of amides is 2. The summed E-state index contributed by atoms with van der Waals surface area (Å²) in [5.41, 5.74) is 5.44. The zero-order chi connectivity index (χ0) is 16.8. The molecule has 0 bridgehead atoms. The monoisotopic (exact) mass is 350 g/mol. The first kappa shape index (κ1) is 17.2. The van der Waals surface area contributed by atoms with Crippen molar-refractivity contribution in [2.24, 2.45) is 0 Å². The molecular formula is C16H15ClN2O3S. The van der Waals surface area contributed by atoms with E-state index in [0.717, 1.165) is 4.90 Å². The van der Waals surface area contributed by atoms with Crippen molar-refractivity contribution in [2.75, 3.05) is 13.4 Å². The number of halogens is 1. The standard InChI is InChI=1S/C16H15ClN2O3S/c1-22-14-9-12(23-2)7-8-13(14)16(21)19-18-15(20)10-3-5-11(17)6-4-10/h3-9H,1-2H3,(H,18,20)(H,19,21). The van der Waals surface area contributed by atoms with E-state index in [-0.39, 0.29) is 0 Å². The van der Waals surface area contributed by atoms with Gasteiger partial charge in [0, 0.05) is 15.5 Å². The molecule has 0 aliphatic rings. The number of hydrogen-bond acceptors (Lipinski definition) is 4. The van der Waals surface area contributed by atoms with Gasteiger partial charge in [0.05, 0.1) is 12.7 Å². The molecule has 7 heteroatoms. The fourth-order valence-electron chi connectivity index (χ4n) is 1.84. The summed E-state index contributed by atoms with van der Waals surface area (Å²) in [5, 5.41) is 0.532. The average Bonchev–Trinajstić information content (AvgIpc) is 2.59. The molecule has 0 unspecified atom stereocenters. The van der Waals surface area contributed by atoms with Gasteiger partial charge in [0.1, 0.15) is 5.75 Å². The number of hydrogen-bond donors (Lipinski definition) is 2. The third-order valence-electron chi connectivity index (χ3n) is 3.05. The lowest BCUT2D eigenvalue weighted by Crippen LogP contribution is -2.41. The van der Waals surface area contributed by atoms with Gasteiger partial charge in [-0.15, -0.1) is 11.8 Å². The fourth-order valence-corrected chi connectivity index (χ4v) is 2.40. The lowest BCUT2D eigenvalue weighted by molar-refractivity contribution is 0.0845. The minimum absolute atomic E-state index is 0.335. The van der Waals surface area contributed by atoms with Gasteiger partial charge in [-0.1, -0.05) is 11.6 Å². The number of carbonyl (C=O) groups is 2. The first-order chi connectivity index (χ1) is 11.0. The van der Waals surface area contributed by atoms with E-state index < -0.39 is 11.8 Å². The maximum Gasteiger partial charge on any atom is 0.273 e. The summed E-state index contributed by atoms with van der Waals surface area (Å²) in [7, 11) is 1.49. The number of hydrazine groups is 1. The summed E-state index contributed by atoms with van der Waals surface area (Å²) in [6.45, 7) is 0. The second-order valence-corrected chi connectivity index (χ2v) is 5.80. The zero-order valence-corrected chi connectivity index (χ0v) is 14.1. The number of nitrogens with one attached hydrogen (secondary N) is 2. The number of rotatable bonds is 4. The Morgan fingerprint density at radius 2 is 1.70 bits per heavy atom. The van der Waals surface area contributed by atoms with Gasteiger partial charge in [0.15, 0.2) is 0 Å². The van der Waals surface area contributed by atoms with Crippen molar-refractivity contribution in [2.45, 2.75) is 4.90 Å². The Morgan fingerprint density at radius 3 is 2.30 bits per heavy atom. The zero-order valence-electron chi connectivity index (χ0n) is 12.6. The van der Waals surface area contributed by atoms with Gasteiger partial charge in [0.2, 0.25) is 0 Å². The summed E-state index contributed by atoms with van der Waals surface area (Å²) in [6.07, 6.45) is 1.93. The molecule has 2 aromatic rings. The first-order valence-electron chi connectivity index (χ1n) is 6.63. The lowest BCUT2D eigenvalue weighted by atomic mass is 10.2. The van der Waals surface area contributed by atoms with Crippen molar-refractivity contribution in [1.82, 2.24) is 10.9 Å². The maximum absolute atomic E-state index is 12.2. The smallest absolute Gasteiger partial charge is 0.273 e. The quantitative estimate of drug-likeness (QED) is 0.656. The highest BCUT2D eigenvalue weighted by molar-refractivity contribution is 7.98. The van der Waals surface area contributed by atoms with Crippen LogP contribution in [0.25, 0.3) is 0 Å². The third-order valence-corrected chi connectivity index (χ3v) is 4.03. The van der Waals surface area contributed by atoms with Crippen molar-refractivity contribution in [3.8, 4) is 5.75 Å². The molecule has 0 spiro atoms. The first-order valence-corrected chi connectivity index (χ1v) is 8.23. The highest BCUT2D eigenvalue weighted by Gasteiger charge is 2.14. The van der Waals surface area contributed by atoms with Gasteiger partial charge < -0.3 is 4.74 Å². The Morgan fingerprint density at radius 1 is 1.04 bits per heavy atom. The molecule has 0 heterocycles. The molecular weight excluding hydrogens is 336 g/mol. The number of ether oxygens (including phenoxy) is 1. The van der Waals surface area contributed by atoms with Gasteiger partial charge in [-0.05, 0) is 48.7 Å². The molecule has 23 heavy (non-hydrogen) atoms. The van der Waals surface area contributed by atoms with E-state index >= 15 is 0 Å². The summed E-state index contributed by atoms with van der Waals surface area (Å²) < 4.78 is 5.21. The van der Waals surface area contributed by atoms with Crippen molar-refractivity contribution in [3.63, 3.8) is 0 Å². The van der Waals surface area contributed by atoms with Crippen LogP contribution in [0, 0.1) is 0 Å². The molecule has 2 rings (SSSR count). The number of thioether (sulfide) groups is 1. The summed E-state index contributed by atoms with van der Waals surface area (Å²) in [5.74, 6) is -0.457. The van der Waals surface area contributed by atoms with Crippen LogP contribution in [0.3, 0.4) is 0 Å². The van der Waals surface area contributed by atoms with Crippen LogP contribution in [-0.4, -0.2) is 25.2 Å². The van der Waals surface area contributed by atoms with Crippen LogP contribution in [0.2, 0.25) is 5.02 Å². The Bertz CT molecular complexity index is 720. The van der Waals surface area contributed by atoms with E-state index in [1.165, 1.54) is 7.11 Å². The predicted molar refractivity (Wildman–Crippen MR) is 91.2 cm³/mol. The summed E-state index contributed by atoms with van der Waals surface area (Å²) in [6, 6.07) is 11.6. The molecule has 0 aliphatic carbocycles. The Hall–Kier alpha value is -2.18. The number of methoxy groups -OCH3 is 1. The van der Waals surface area contributed by atoms with Gasteiger partial charge in [-0.2, -0.15) is 0 Å². The predicted octanol–water partition coefficient (Wildman–Crippen LogP) is 3.15. The third kappa shape index (κ3) is 4.40. The van der Waals surface area contributed by atoms with Gasteiger partial charge >= 0.3 is 0 Å². The molecule has 0 saturated carbocycles. The van der Waals surface area contributed by atoms with Gasteiger partial charge in [-0.3, -0.25) is 20.4 Å². The largest absolute Gasteiger partial charge is 0.496 e. The second kappa shape index (κ2) is 7.89. The SMILES string of the molecule is COc1cc(SC)ccc1C(=O)NNC(=O)c1ccc(Cl)cc1. The van der Waals surface area contributed by atoms with Crippen LogP contribution in [0.1, 0.15) is 20.7 Å². The van der Waals surface area contributed by atoms with Gasteiger partial charge in [-0.25, -0.2) is 0 Å². The highest BCUT2D eigenvalue weighted by Crippen LogP contribution is 2.25. The number of benzene rings is 2. The van der Waals surface area contributed by atoms with Crippen molar-refractivity contribution >= 4 is 35.2 Å². The fraction of sp³-hybridized carbons (Fsp3) is 0.125. The van der Waals surface area contributed by atoms with Crippen LogP contribution < -0.4 is 15.6 Å². The Labute approximate surface area is 143 Å². The van der Waals surface area contributed by atoms with E-state index in [2.05, 4.69) is 10.9 Å². The molecule has 0 atom stereocenters. The van der Waals surface area contributed by atoms with Crippen LogP contribution in [0.5, 0.6) is 5.75 Å². The van der Waals surface area contributed by atoms with Crippen molar-refractivity contribution in [3.05, 3.63) is 58.6 Å². The van der Waals surface area contributed by atoms with E-state index in [1.807, 2.05) is 12.3 Å². The normalized spacial score (nSPS) is 10.0. The Kier molecular flexibility index (Phi) is 5.90. The molecule has 2 aromatic carbocycles. The Balaban J connectivity index is 2.04. The lowest BCUT2D eigenvalue weighted by Gasteiger charge is -2.11. The minimum atomic E-state index is -0.461. The molecule has 0 aromatic heterocycles. The van der Waals surface area contributed by atoms with Gasteiger partial charge in [0.25, 0.3) is 11.8 Å². The average molecular weight is 351 g/mol. The van der Waals surface area contributed by atoms with Crippen LogP contribution in [0.15, 0.2) is 47.4 Å². The van der Waals surface area contributed by atoms with E-state index in [1.54, 1.807) is 48.2 Å². The minimum Gasteiger partial charge on any atom is -0.496 e. The molecule has 2 N–H and O–H groups in total.